The van der Waals surface area contributed by atoms with Crippen LogP contribution < -0.4 is 10.2 Å². The minimum atomic E-state index is -0.309. The van der Waals surface area contributed by atoms with Gasteiger partial charge in [-0.1, -0.05) is 6.07 Å². The van der Waals surface area contributed by atoms with Crippen LogP contribution in [-0.4, -0.2) is 24.7 Å². The van der Waals surface area contributed by atoms with Crippen LogP contribution in [0.1, 0.15) is 30.4 Å². The first-order valence-electron chi connectivity index (χ1n) is 9.27. The number of aryl methyl sites for hydroxylation is 2. The highest BCUT2D eigenvalue weighted by molar-refractivity contribution is 8.00. The predicted molar refractivity (Wildman–Crippen MR) is 106 cm³/mol. The van der Waals surface area contributed by atoms with Crippen molar-refractivity contribution in [2.45, 2.75) is 37.0 Å². The number of nitrogens with one attached hydrogen (secondary N) is 1. The van der Waals surface area contributed by atoms with E-state index in [2.05, 4.69) is 28.4 Å². The summed E-state index contributed by atoms with van der Waals surface area (Å²) in [6.07, 6.45) is 5.80. The molecule has 136 valence electrons. The monoisotopic (exact) mass is 370 g/mol. The van der Waals surface area contributed by atoms with E-state index in [4.69, 9.17) is 0 Å². The number of benzene rings is 2. The Kier molecular flexibility index (Phi) is 5.16. The molecule has 1 amide bonds. The van der Waals surface area contributed by atoms with Crippen molar-refractivity contribution in [2.75, 3.05) is 29.1 Å². The summed E-state index contributed by atoms with van der Waals surface area (Å²) in [5.74, 6) is -0.0848. The van der Waals surface area contributed by atoms with E-state index in [0.29, 0.717) is 11.4 Å². The highest BCUT2D eigenvalue weighted by Crippen LogP contribution is 2.28. The topological polar surface area (TPSA) is 32.3 Å². The lowest BCUT2D eigenvalue weighted by atomic mass is 10.1. The molecule has 1 heterocycles. The number of carbonyl (C=O) groups is 1. The van der Waals surface area contributed by atoms with E-state index in [9.17, 15) is 9.18 Å². The van der Waals surface area contributed by atoms with Gasteiger partial charge in [0, 0.05) is 29.4 Å². The molecule has 4 rings (SSSR count). The summed E-state index contributed by atoms with van der Waals surface area (Å²) >= 11 is 1.53. The smallest absolute Gasteiger partial charge is 0.234 e. The number of nitrogens with zero attached hydrogens (tertiary/aromatic N) is 1. The Morgan fingerprint density at radius 2 is 1.85 bits per heavy atom. The van der Waals surface area contributed by atoms with Gasteiger partial charge in [0.15, 0.2) is 0 Å². The fourth-order valence-corrected chi connectivity index (χ4v) is 4.55. The molecule has 5 heteroatoms. The van der Waals surface area contributed by atoms with Crippen LogP contribution >= 0.6 is 11.8 Å². The van der Waals surface area contributed by atoms with Crippen LogP contribution in [-0.2, 0) is 17.6 Å². The van der Waals surface area contributed by atoms with Gasteiger partial charge in [-0.15, -0.1) is 11.8 Å². The van der Waals surface area contributed by atoms with Crippen molar-refractivity contribution in [1.29, 1.82) is 0 Å². The van der Waals surface area contributed by atoms with Crippen molar-refractivity contribution in [1.82, 2.24) is 0 Å². The van der Waals surface area contributed by atoms with Gasteiger partial charge in [-0.2, -0.15) is 0 Å². The summed E-state index contributed by atoms with van der Waals surface area (Å²) in [7, 11) is 0. The molecule has 26 heavy (non-hydrogen) atoms. The SMILES string of the molecule is O=C(CSc1ccc2c(c1)CCC2)Nc1cc(F)cc(N2CCCC2)c1. The molecular weight excluding hydrogens is 347 g/mol. The Labute approximate surface area is 158 Å². The average molecular weight is 370 g/mol. The molecule has 2 aromatic rings. The van der Waals surface area contributed by atoms with Gasteiger partial charge in [0.25, 0.3) is 0 Å². The maximum atomic E-state index is 13.9. The first-order valence-corrected chi connectivity index (χ1v) is 10.3. The fraction of sp³-hybridized carbons (Fsp3) is 0.381. The molecule has 1 aliphatic carbocycles. The molecule has 0 bridgehead atoms. The van der Waals surface area contributed by atoms with Crippen LogP contribution in [0.25, 0.3) is 0 Å². The lowest BCUT2D eigenvalue weighted by Gasteiger charge is -2.18. The molecule has 1 fully saturated rings. The van der Waals surface area contributed by atoms with Crippen molar-refractivity contribution in [3.05, 3.63) is 53.3 Å². The second kappa shape index (κ2) is 7.70. The zero-order valence-electron chi connectivity index (χ0n) is 14.8. The van der Waals surface area contributed by atoms with Crippen LogP contribution in [0.2, 0.25) is 0 Å². The molecule has 0 radical (unpaired) electrons. The molecule has 2 aliphatic rings. The van der Waals surface area contributed by atoms with Gasteiger partial charge in [0.2, 0.25) is 5.91 Å². The van der Waals surface area contributed by atoms with Crippen molar-refractivity contribution in [3.63, 3.8) is 0 Å². The Balaban J connectivity index is 1.37. The standard InChI is InChI=1S/C21H23FN2OS/c22-17-11-18(13-19(12-17)24-8-1-2-9-24)23-21(25)14-26-20-7-6-15-4-3-5-16(15)10-20/h6-7,10-13H,1-5,8-9,14H2,(H,23,25). The van der Waals surface area contributed by atoms with Gasteiger partial charge in [-0.3, -0.25) is 4.79 Å². The van der Waals surface area contributed by atoms with Gasteiger partial charge in [0.05, 0.1) is 5.75 Å². The third-order valence-electron chi connectivity index (χ3n) is 5.08. The zero-order valence-corrected chi connectivity index (χ0v) is 15.6. The largest absolute Gasteiger partial charge is 0.371 e. The summed E-state index contributed by atoms with van der Waals surface area (Å²) in [6.45, 7) is 1.90. The van der Waals surface area contributed by atoms with Crippen molar-refractivity contribution >= 4 is 29.0 Å². The molecule has 0 unspecified atom stereocenters. The van der Waals surface area contributed by atoms with Gasteiger partial charge in [-0.25, -0.2) is 4.39 Å². The molecule has 0 aromatic heterocycles. The minimum Gasteiger partial charge on any atom is -0.371 e. The number of carbonyl (C=O) groups excluding carboxylic acids is 1. The van der Waals surface area contributed by atoms with E-state index >= 15 is 0 Å². The maximum Gasteiger partial charge on any atom is 0.234 e. The number of halogens is 1. The molecule has 0 saturated carbocycles. The van der Waals surface area contributed by atoms with Crippen LogP contribution in [0.15, 0.2) is 41.3 Å². The van der Waals surface area contributed by atoms with Gasteiger partial charge < -0.3 is 10.2 Å². The second-order valence-corrected chi connectivity index (χ2v) is 8.06. The number of thioether (sulfide) groups is 1. The second-order valence-electron chi connectivity index (χ2n) is 7.01. The summed E-state index contributed by atoms with van der Waals surface area (Å²) in [4.78, 5) is 15.6. The fourth-order valence-electron chi connectivity index (χ4n) is 3.79. The van der Waals surface area contributed by atoms with E-state index < -0.39 is 0 Å². The minimum absolute atomic E-state index is 0.103. The number of hydrogen-bond acceptors (Lipinski definition) is 3. The van der Waals surface area contributed by atoms with Crippen LogP contribution in [0.5, 0.6) is 0 Å². The summed E-state index contributed by atoms with van der Waals surface area (Å²) < 4.78 is 13.9. The zero-order chi connectivity index (χ0) is 17.9. The molecule has 0 atom stereocenters. The van der Waals surface area contributed by atoms with E-state index in [1.54, 1.807) is 6.07 Å². The predicted octanol–water partition coefficient (Wildman–Crippen LogP) is 4.65. The Morgan fingerprint density at radius 1 is 1.04 bits per heavy atom. The third-order valence-corrected chi connectivity index (χ3v) is 6.07. The van der Waals surface area contributed by atoms with Gasteiger partial charge in [0.1, 0.15) is 5.82 Å². The molecule has 3 nitrogen and oxygen atoms in total. The van der Waals surface area contributed by atoms with Gasteiger partial charge in [-0.05, 0) is 73.6 Å². The van der Waals surface area contributed by atoms with Crippen LogP contribution in [0, 0.1) is 5.82 Å². The van der Waals surface area contributed by atoms with E-state index in [1.807, 2.05) is 6.07 Å². The normalized spacial score (nSPS) is 16.0. The van der Waals surface area contributed by atoms with E-state index in [1.165, 1.54) is 41.8 Å². The summed E-state index contributed by atoms with van der Waals surface area (Å²) in [5.41, 5.74) is 4.24. The Hall–Kier alpha value is -2.01. The lowest BCUT2D eigenvalue weighted by Crippen LogP contribution is -2.19. The average Bonchev–Trinajstić information content (AvgIpc) is 3.30. The number of fused-ring (bicyclic) bond motifs is 1. The number of hydrogen-bond donors (Lipinski definition) is 1. The third kappa shape index (κ3) is 4.04. The van der Waals surface area contributed by atoms with Crippen molar-refractivity contribution in [2.24, 2.45) is 0 Å². The maximum absolute atomic E-state index is 13.9. The van der Waals surface area contributed by atoms with E-state index in [-0.39, 0.29) is 11.7 Å². The summed E-state index contributed by atoms with van der Waals surface area (Å²) in [6, 6.07) is 11.3. The molecule has 1 N–H and O–H groups in total. The molecule has 1 saturated heterocycles. The van der Waals surface area contributed by atoms with Crippen LogP contribution in [0.3, 0.4) is 0 Å². The Bertz CT molecular complexity index is 818. The first kappa shape index (κ1) is 17.4. The highest BCUT2D eigenvalue weighted by Gasteiger charge is 2.15. The highest BCUT2D eigenvalue weighted by atomic mass is 32.2. The quantitative estimate of drug-likeness (QED) is 0.778. The van der Waals surface area contributed by atoms with Gasteiger partial charge >= 0.3 is 0 Å². The molecule has 2 aromatic carbocycles. The first-order chi connectivity index (χ1) is 12.7. The number of anilines is 2. The number of amides is 1. The van der Waals surface area contributed by atoms with Crippen molar-refractivity contribution in [3.8, 4) is 0 Å². The molecular formula is C21H23FN2OS. The lowest BCUT2D eigenvalue weighted by molar-refractivity contribution is -0.113. The summed E-state index contributed by atoms with van der Waals surface area (Å²) in [5, 5.41) is 2.84. The molecule has 0 spiro atoms. The van der Waals surface area contributed by atoms with Crippen molar-refractivity contribution < 1.29 is 9.18 Å². The number of rotatable bonds is 5. The van der Waals surface area contributed by atoms with Crippen LogP contribution in [0.4, 0.5) is 15.8 Å². The molecule has 1 aliphatic heterocycles. The van der Waals surface area contributed by atoms with E-state index in [0.717, 1.165) is 42.9 Å². The Morgan fingerprint density at radius 3 is 2.69 bits per heavy atom.